The molecule has 14 heteroatoms. The summed E-state index contributed by atoms with van der Waals surface area (Å²) in [6.07, 6.45) is 0.575. The number of benzene rings is 1. The molecule has 0 N–H and O–H groups in total. The third kappa shape index (κ3) is 5.28. The van der Waals surface area contributed by atoms with E-state index in [-0.39, 0.29) is 53.4 Å². The van der Waals surface area contributed by atoms with Crippen molar-refractivity contribution in [2.24, 2.45) is 0 Å². The molecule has 2 aliphatic rings. The molecule has 4 heterocycles. The van der Waals surface area contributed by atoms with Crippen molar-refractivity contribution in [3.63, 3.8) is 0 Å². The molecule has 2 aliphatic heterocycles. The van der Waals surface area contributed by atoms with Gasteiger partial charge in [-0.3, -0.25) is 19.3 Å². The van der Waals surface area contributed by atoms with Crippen molar-refractivity contribution in [1.29, 1.82) is 0 Å². The molecule has 3 aromatic rings. The van der Waals surface area contributed by atoms with Gasteiger partial charge in [-0.25, -0.2) is 13.4 Å². The van der Waals surface area contributed by atoms with Gasteiger partial charge in [0.1, 0.15) is 9.97 Å². The fourth-order valence-electron chi connectivity index (χ4n) is 5.09. The molecule has 0 saturated carbocycles. The van der Waals surface area contributed by atoms with E-state index in [9.17, 15) is 22.8 Å². The Kier molecular flexibility index (Phi) is 7.79. The van der Waals surface area contributed by atoms with E-state index < -0.39 is 22.0 Å². The summed E-state index contributed by atoms with van der Waals surface area (Å²) >= 11 is 7.11. The van der Waals surface area contributed by atoms with Crippen LogP contribution >= 0.6 is 22.9 Å². The number of carbonyl (C=O) groups excluding carboxylic acids is 3. The largest absolute Gasteiger partial charge is 0.436 e. The third-order valence-corrected chi connectivity index (χ3v) is 11.0. The quantitative estimate of drug-likeness (QED) is 0.392. The number of Topliss-reactive ketones (excluding diaryl/α,β-unsaturated/α-hetero) is 1. The second kappa shape index (κ2) is 10.9. The van der Waals surface area contributed by atoms with Gasteiger partial charge in [-0.05, 0) is 26.1 Å². The van der Waals surface area contributed by atoms with Gasteiger partial charge in [0.25, 0.3) is 15.9 Å². The normalized spacial score (nSPS) is 18.6. The van der Waals surface area contributed by atoms with Gasteiger partial charge in [-0.15, -0.1) is 11.3 Å². The van der Waals surface area contributed by atoms with E-state index in [2.05, 4.69) is 9.88 Å². The second-order valence-corrected chi connectivity index (χ2v) is 14.0. The number of piperazine rings is 1. The lowest BCUT2D eigenvalue weighted by Gasteiger charge is -2.40. The SMILES string of the molecule is CC(=O)c1c(S(=O)(=O)N2CCN(C(=O)c3nc4c(o3)CN(C)CC4)C(CC(=O)N(C)C)C2)sc2cc(Cl)ccc12. The maximum absolute atomic E-state index is 14.0. The summed E-state index contributed by atoms with van der Waals surface area (Å²) in [7, 11) is 1.02. The number of carbonyl (C=O) groups is 3. The number of sulfonamides is 1. The highest BCUT2D eigenvalue weighted by molar-refractivity contribution is 7.91. The molecule has 0 aliphatic carbocycles. The minimum Gasteiger partial charge on any atom is -0.436 e. The Bertz CT molecular complexity index is 1610. The highest BCUT2D eigenvalue weighted by Crippen LogP contribution is 2.38. The molecule has 1 fully saturated rings. The number of likely N-dealkylation sites (N-methyl/N-ethyl adjacent to an activating group) is 1. The van der Waals surface area contributed by atoms with E-state index in [1.165, 1.54) is 21.0 Å². The maximum Gasteiger partial charge on any atom is 0.310 e. The van der Waals surface area contributed by atoms with E-state index in [4.69, 9.17) is 16.0 Å². The molecule has 11 nitrogen and oxygen atoms in total. The zero-order chi connectivity index (χ0) is 28.9. The van der Waals surface area contributed by atoms with Crippen LogP contribution in [0.1, 0.15) is 45.8 Å². The van der Waals surface area contributed by atoms with E-state index in [1.807, 2.05) is 7.05 Å². The molecule has 40 heavy (non-hydrogen) atoms. The van der Waals surface area contributed by atoms with Gasteiger partial charge < -0.3 is 14.2 Å². The van der Waals surface area contributed by atoms with Crippen LogP contribution in [0, 0.1) is 0 Å². The highest BCUT2D eigenvalue weighted by Gasteiger charge is 2.41. The number of thiophene rings is 1. The van der Waals surface area contributed by atoms with E-state index >= 15 is 0 Å². The van der Waals surface area contributed by atoms with E-state index in [1.54, 1.807) is 32.3 Å². The van der Waals surface area contributed by atoms with Gasteiger partial charge >= 0.3 is 5.91 Å². The first-order valence-electron chi connectivity index (χ1n) is 12.8. The molecule has 0 radical (unpaired) electrons. The monoisotopic (exact) mass is 607 g/mol. The number of ketones is 1. The zero-order valence-corrected chi connectivity index (χ0v) is 25.0. The van der Waals surface area contributed by atoms with E-state index in [0.717, 1.165) is 23.6 Å². The van der Waals surface area contributed by atoms with Crippen molar-refractivity contribution in [2.75, 3.05) is 47.3 Å². The minimum atomic E-state index is -4.14. The summed E-state index contributed by atoms with van der Waals surface area (Å²) in [6, 6.07) is 4.13. The highest BCUT2D eigenvalue weighted by atomic mass is 35.5. The first-order chi connectivity index (χ1) is 18.9. The predicted molar refractivity (Wildman–Crippen MR) is 150 cm³/mol. The molecule has 0 bridgehead atoms. The van der Waals surface area contributed by atoms with Crippen LogP contribution in [0.4, 0.5) is 0 Å². The molecule has 5 rings (SSSR count). The van der Waals surface area contributed by atoms with Crippen molar-refractivity contribution < 1.29 is 27.2 Å². The minimum absolute atomic E-state index is 0.0176. The van der Waals surface area contributed by atoms with Crippen LogP contribution in [0.25, 0.3) is 10.1 Å². The molecule has 0 spiro atoms. The van der Waals surface area contributed by atoms with Crippen LogP contribution in [0.2, 0.25) is 5.02 Å². The number of hydrogen-bond acceptors (Lipinski definition) is 9. The van der Waals surface area contributed by atoms with Crippen molar-refractivity contribution in [3.05, 3.63) is 46.1 Å². The lowest BCUT2D eigenvalue weighted by Crippen LogP contribution is -2.57. The van der Waals surface area contributed by atoms with Crippen molar-refractivity contribution >= 4 is 60.6 Å². The summed E-state index contributed by atoms with van der Waals surface area (Å²) in [5.41, 5.74) is 0.858. The average molecular weight is 608 g/mol. The predicted octanol–water partition coefficient (Wildman–Crippen LogP) is 2.73. The Morgan fingerprint density at radius 3 is 2.65 bits per heavy atom. The Balaban J connectivity index is 1.47. The van der Waals surface area contributed by atoms with Crippen LogP contribution in [0.3, 0.4) is 0 Å². The number of oxazole rings is 1. The van der Waals surface area contributed by atoms with Crippen molar-refractivity contribution in [1.82, 2.24) is 24.0 Å². The molecule has 1 saturated heterocycles. The molecule has 1 unspecified atom stereocenters. The van der Waals surface area contributed by atoms with Gasteiger partial charge in [0, 0.05) is 68.2 Å². The first-order valence-corrected chi connectivity index (χ1v) is 15.4. The molecule has 214 valence electrons. The van der Waals surface area contributed by atoms with Crippen molar-refractivity contribution in [2.45, 2.75) is 36.6 Å². The third-order valence-electron chi connectivity index (χ3n) is 7.27. The molecule has 1 aromatic carbocycles. The molecule has 2 amide bonds. The Morgan fingerprint density at radius 1 is 1.20 bits per heavy atom. The van der Waals surface area contributed by atoms with Gasteiger partial charge in [-0.1, -0.05) is 17.7 Å². The fourth-order valence-corrected chi connectivity index (χ4v) is 8.79. The van der Waals surface area contributed by atoms with Crippen LogP contribution < -0.4 is 0 Å². The Labute approximate surface area is 241 Å². The summed E-state index contributed by atoms with van der Waals surface area (Å²) in [6.45, 7) is 2.57. The smallest absolute Gasteiger partial charge is 0.310 e. The molecular weight excluding hydrogens is 578 g/mol. The summed E-state index contributed by atoms with van der Waals surface area (Å²) in [5, 5.41) is 0.953. The fraction of sp³-hybridized carbons (Fsp3) is 0.462. The maximum atomic E-state index is 14.0. The second-order valence-electron chi connectivity index (χ2n) is 10.3. The lowest BCUT2D eigenvalue weighted by molar-refractivity contribution is -0.130. The Morgan fingerprint density at radius 2 is 1.95 bits per heavy atom. The average Bonchev–Trinajstić information content (AvgIpc) is 3.49. The van der Waals surface area contributed by atoms with Crippen LogP contribution in [0.5, 0.6) is 0 Å². The summed E-state index contributed by atoms with van der Waals surface area (Å²) < 4.78 is 35.5. The van der Waals surface area contributed by atoms with Crippen LogP contribution in [-0.2, 0) is 27.8 Å². The molecule has 1 atom stereocenters. The topological polar surface area (TPSA) is 124 Å². The zero-order valence-electron chi connectivity index (χ0n) is 22.6. The number of halogens is 1. The first kappa shape index (κ1) is 28.7. The number of amides is 2. The van der Waals surface area contributed by atoms with E-state index in [0.29, 0.717) is 33.8 Å². The lowest BCUT2D eigenvalue weighted by atomic mass is 10.1. The number of rotatable bonds is 6. The van der Waals surface area contributed by atoms with Crippen LogP contribution in [0.15, 0.2) is 26.8 Å². The molecule has 2 aromatic heterocycles. The standard InChI is InChI=1S/C26H30ClN5O6S2/c1-15(33)23-18-6-5-16(27)11-21(18)39-26(23)40(36,37)31-9-10-32(17(13-31)12-22(34)29(2)3)25(35)24-28-19-7-8-30(4)14-20(19)38-24/h5-6,11,17H,7-10,12-14H2,1-4H3. The van der Waals surface area contributed by atoms with Gasteiger partial charge in [0.15, 0.2) is 5.78 Å². The Hall–Kier alpha value is -2.84. The number of aromatic nitrogens is 1. The summed E-state index contributed by atoms with van der Waals surface area (Å²) in [5.74, 6) is -0.526. The summed E-state index contributed by atoms with van der Waals surface area (Å²) in [4.78, 5) is 48.3. The van der Waals surface area contributed by atoms with Gasteiger partial charge in [0.05, 0.1) is 23.8 Å². The van der Waals surface area contributed by atoms with Gasteiger partial charge in [0.2, 0.25) is 5.91 Å². The number of nitrogens with zero attached hydrogens (tertiary/aromatic N) is 5. The molecular formula is C26H30ClN5O6S2. The van der Waals surface area contributed by atoms with Crippen molar-refractivity contribution in [3.8, 4) is 0 Å². The number of fused-ring (bicyclic) bond motifs is 2. The number of hydrogen-bond donors (Lipinski definition) is 0. The van der Waals surface area contributed by atoms with Crippen LogP contribution in [-0.4, -0.2) is 103 Å². The van der Waals surface area contributed by atoms with Gasteiger partial charge in [-0.2, -0.15) is 4.31 Å².